The van der Waals surface area contributed by atoms with E-state index in [4.69, 9.17) is 9.72 Å². The fraction of sp³-hybridized carbons (Fsp3) is 0.400. The second-order valence-electron chi connectivity index (χ2n) is 9.61. The lowest BCUT2D eigenvalue weighted by Gasteiger charge is -2.43. The van der Waals surface area contributed by atoms with Crippen LogP contribution < -0.4 is 10.2 Å². The monoisotopic (exact) mass is 491 g/mol. The third kappa shape index (κ3) is 4.50. The van der Waals surface area contributed by atoms with Crippen LogP contribution in [-0.4, -0.2) is 74.8 Å². The molecule has 2 N–H and O–H groups in total. The van der Waals surface area contributed by atoms with Crippen molar-refractivity contribution in [3.05, 3.63) is 54.1 Å². The van der Waals surface area contributed by atoms with Crippen LogP contribution in [0.5, 0.6) is 0 Å². The summed E-state index contributed by atoms with van der Waals surface area (Å²) in [5, 5.41) is 14.4. The van der Waals surface area contributed by atoms with Crippen LogP contribution in [0, 0.1) is 0 Å². The molecule has 182 valence electrons. The summed E-state index contributed by atoms with van der Waals surface area (Å²) in [5.74, 6) is 0.676. The van der Waals surface area contributed by atoms with Gasteiger partial charge in [-0.2, -0.15) is 0 Å². The molecule has 4 aromatic rings. The minimum Gasteiger partial charge on any atom is -0.383 e. The Kier molecular flexibility index (Phi) is 5.68. The lowest BCUT2D eigenvalue weighted by atomic mass is 10.1. The number of ether oxygens (including phenoxy) is 1. The van der Waals surface area contributed by atoms with Gasteiger partial charge in [-0.1, -0.05) is 0 Å². The molecule has 2 aliphatic rings. The molecule has 2 aliphatic heterocycles. The Morgan fingerprint density at radius 3 is 2.51 bits per heavy atom. The zero-order valence-electron chi connectivity index (χ0n) is 19.9. The summed E-state index contributed by atoms with van der Waals surface area (Å²) in [6.45, 7) is 9.45. The number of benzene rings is 1. The van der Waals surface area contributed by atoms with Gasteiger partial charge in [0.1, 0.15) is 16.3 Å². The van der Waals surface area contributed by atoms with Crippen LogP contribution >= 0.6 is 11.3 Å². The van der Waals surface area contributed by atoms with E-state index in [-0.39, 0.29) is 0 Å². The van der Waals surface area contributed by atoms with Crippen molar-refractivity contribution >= 4 is 34.2 Å². The van der Waals surface area contributed by atoms with Gasteiger partial charge in [-0.3, -0.25) is 4.90 Å². The van der Waals surface area contributed by atoms with Crippen molar-refractivity contribution in [1.29, 1.82) is 0 Å². The molecule has 6 rings (SSSR count). The standard InChI is InChI=1S/C25H29N7O2S/c1-25(2,33)24-27-13-21(35-24)20-14-32-8-7-26-23(32)22(29-20)28-17-3-5-18(6-4-17)30-9-11-31(12-10-30)19-15-34-16-19/h3-8,13-14,19,33H,9-12,15-16H2,1-2H3,(H,28,29). The molecule has 5 heterocycles. The molecule has 2 saturated heterocycles. The first-order valence-corrected chi connectivity index (χ1v) is 12.7. The van der Waals surface area contributed by atoms with Crippen LogP contribution in [0.3, 0.4) is 0 Å². The van der Waals surface area contributed by atoms with Crippen molar-refractivity contribution in [2.75, 3.05) is 49.6 Å². The lowest BCUT2D eigenvalue weighted by molar-refractivity contribution is -0.0660. The fourth-order valence-electron chi connectivity index (χ4n) is 4.48. The number of anilines is 3. The number of imidazole rings is 1. The third-order valence-corrected chi connectivity index (χ3v) is 7.93. The number of nitrogens with zero attached hydrogens (tertiary/aromatic N) is 6. The molecule has 0 spiro atoms. The van der Waals surface area contributed by atoms with E-state index in [0.29, 0.717) is 16.9 Å². The SMILES string of the molecule is CC(C)(O)c1ncc(-c2cn3ccnc3c(Nc3ccc(N4CCN(C5COC5)CC4)cc3)n2)s1. The normalized spacial score (nSPS) is 17.6. The van der Waals surface area contributed by atoms with E-state index >= 15 is 0 Å². The van der Waals surface area contributed by atoms with E-state index in [1.165, 1.54) is 17.0 Å². The minimum absolute atomic E-state index is 0.609. The first-order chi connectivity index (χ1) is 16.9. The zero-order valence-corrected chi connectivity index (χ0v) is 20.7. The largest absolute Gasteiger partial charge is 0.383 e. The van der Waals surface area contributed by atoms with Crippen LogP contribution in [-0.2, 0) is 10.3 Å². The van der Waals surface area contributed by atoms with E-state index in [1.807, 2.05) is 16.8 Å². The highest BCUT2D eigenvalue weighted by Gasteiger charge is 2.29. The van der Waals surface area contributed by atoms with Gasteiger partial charge >= 0.3 is 0 Å². The molecule has 0 atom stereocenters. The predicted molar refractivity (Wildman–Crippen MR) is 137 cm³/mol. The first kappa shape index (κ1) is 22.4. The van der Waals surface area contributed by atoms with Gasteiger partial charge in [0.15, 0.2) is 11.5 Å². The summed E-state index contributed by atoms with van der Waals surface area (Å²) < 4.78 is 7.30. The number of hydrogen-bond acceptors (Lipinski definition) is 9. The molecule has 0 bridgehead atoms. The Morgan fingerprint density at radius 2 is 1.86 bits per heavy atom. The topological polar surface area (TPSA) is 91.0 Å². The Labute approximate surface area is 208 Å². The number of piperazine rings is 1. The van der Waals surface area contributed by atoms with Gasteiger partial charge in [-0.05, 0) is 38.1 Å². The number of nitrogens with one attached hydrogen (secondary N) is 1. The molecular weight excluding hydrogens is 462 g/mol. The molecule has 0 unspecified atom stereocenters. The van der Waals surface area contributed by atoms with Crippen molar-refractivity contribution in [2.24, 2.45) is 0 Å². The van der Waals surface area contributed by atoms with Crippen molar-refractivity contribution in [2.45, 2.75) is 25.5 Å². The Morgan fingerprint density at radius 1 is 1.09 bits per heavy atom. The van der Waals surface area contributed by atoms with Crippen molar-refractivity contribution in [3.8, 4) is 10.6 Å². The first-order valence-electron chi connectivity index (χ1n) is 11.9. The molecule has 10 heteroatoms. The van der Waals surface area contributed by atoms with E-state index < -0.39 is 5.60 Å². The van der Waals surface area contributed by atoms with Crippen LogP contribution in [0.15, 0.2) is 49.1 Å². The molecule has 0 aliphatic carbocycles. The van der Waals surface area contributed by atoms with Crippen molar-refractivity contribution in [3.63, 3.8) is 0 Å². The molecule has 35 heavy (non-hydrogen) atoms. The molecule has 3 aromatic heterocycles. The average Bonchev–Trinajstić information content (AvgIpc) is 3.49. The predicted octanol–water partition coefficient (Wildman–Crippen LogP) is 3.34. The number of aliphatic hydroxyl groups is 1. The Bertz CT molecular complexity index is 1320. The van der Waals surface area contributed by atoms with Gasteiger partial charge in [0.2, 0.25) is 0 Å². The molecule has 9 nitrogen and oxygen atoms in total. The molecule has 1 aromatic carbocycles. The van der Waals surface area contributed by atoms with Gasteiger partial charge in [0, 0.05) is 62.3 Å². The Balaban J connectivity index is 1.20. The summed E-state index contributed by atoms with van der Waals surface area (Å²) in [7, 11) is 0. The van der Waals surface area contributed by atoms with Gasteiger partial charge in [-0.15, -0.1) is 11.3 Å². The van der Waals surface area contributed by atoms with Crippen LogP contribution in [0.1, 0.15) is 18.9 Å². The highest BCUT2D eigenvalue weighted by Crippen LogP contribution is 2.32. The van der Waals surface area contributed by atoms with E-state index in [2.05, 4.69) is 49.4 Å². The van der Waals surface area contributed by atoms with Crippen LogP contribution in [0.2, 0.25) is 0 Å². The van der Waals surface area contributed by atoms with Gasteiger partial charge in [0.25, 0.3) is 0 Å². The quantitative estimate of drug-likeness (QED) is 0.424. The molecule has 0 saturated carbocycles. The number of thiazole rings is 1. The fourth-order valence-corrected chi connectivity index (χ4v) is 5.35. The minimum atomic E-state index is -0.983. The summed E-state index contributed by atoms with van der Waals surface area (Å²) in [6, 6.07) is 9.12. The van der Waals surface area contributed by atoms with Crippen molar-refractivity contribution < 1.29 is 9.84 Å². The summed E-state index contributed by atoms with van der Waals surface area (Å²) >= 11 is 1.44. The Hall–Kier alpha value is -3.05. The maximum atomic E-state index is 10.3. The second-order valence-corrected chi connectivity index (χ2v) is 10.6. The lowest BCUT2D eigenvalue weighted by Crippen LogP contribution is -2.56. The van der Waals surface area contributed by atoms with Crippen LogP contribution in [0.4, 0.5) is 17.2 Å². The summed E-state index contributed by atoms with van der Waals surface area (Å²) in [6.07, 6.45) is 7.37. The molecular formula is C25H29N7O2S. The highest BCUT2D eigenvalue weighted by molar-refractivity contribution is 7.15. The third-order valence-electron chi connectivity index (χ3n) is 6.60. The van der Waals surface area contributed by atoms with E-state index in [0.717, 1.165) is 61.3 Å². The maximum Gasteiger partial charge on any atom is 0.180 e. The number of aromatic nitrogens is 4. The van der Waals surface area contributed by atoms with Gasteiger partial charge in [-0.25, -0.2) is 15.0 Å². The van der Waals surface area contributed by atoms with Gasteiger partial charge in [0.05, 0.1) is 24.1 Å². The zero-order chi connectivity index (χ0) is 24.0. The summed E-state index contributed by atoms with van der Waals surface area (Å²) in [4.78, 5) is 19.6. The molecule has 0 radical (unpaired) electrons. The maximum absolute atomic E-state index is 10.3. The number of hydrogen-bond donors (Lipinski definition) is 2. The second kappa shape index (κ2) is 8.87. The highest BCUT2D eigenvalue weighted by atomic mass is 32.1. The van der Waals surface area contributed by atoms with Gasteiger partial charge < -0.3 is 24.5 Å². The van der Waals surface area contributed by atoms with Crippen LogP contribution in [0.25, 0.3) is 16.2 Å². The average molecular weight is 492 g/mol. The number of rotatable bonds is 6. The molecule has 0 amide bonds. The molecule has 2 fully saturated rings. The van der Waals surface area contributed by atoms with Crippen molar-refractivity contribution in [1.82, 2.24) is 24.3 Å². The summed E-state index contributed by atoms with van der Waals surface area (Å²) in [5.41, 5.74) is 2.73. The van der Waals surface area contributed by atoms with E-state index in [1.54, 1.807) is 26.2 Å². The number of fused-ring (bicyclic) bond motifs is 1. The van der Waals surface area contributed by atoms with E-state index in [9.17, 15) is 5.11 Å². The smallest absolute Gasteiger partial charge is 0.180 e.